The SMILES string of the molecule is CNc1cc(F)c(Oc2ccc(F)c(C#N)c2)c(F)c1C. The van der Waals surface area contributed by atoms with Crippen LogP contribution in [0.5, 0.6) is 11.5 Å². The molecule has 0 amide bonds. The number of hydrogen-bond acceptors (Lipinski definition) is 3. The highest BCUT2D eigenvalue weighted by Gasteiger charge is 2.18. The lowest BCUT2D eigenvalue weighted by Gasteiger charge is -2.13. The highest BCUT2D eigenvalue weighted by molar-refractivity contribution is 5.55. The fourth-order valence-electron chi connectivity index (χ4n) is 1.82. The molecule has 2 aromatic carbocycles. The third-order valence-electron chi connectivity index (χ3n) is 2.97. The average Bonchev–Trinajstić information content (AvgIpc) is 2.48. The second-order valence-electron chi connectivity index (χ2n) is 4.28. The smallest absolute Gasteiger partial charge is 0.199 e. The highest BCUT2D eigenvalue weighted by atomic mass is 19.1. The van der Waals surface area contributed by atoms with E-state index in [9.17, 15) is 13.2 Å². The third kappa shape index (κ3) is 2.77. The molecule has 0 bridgehead atoms. The van der Waals surface area contributed by atoms with Crippen molar-refractivity contribution in [3.63, 3.8) is 0 Å². The van der Waals surface area contributed by atoms with Crippen molar-refractivity contribution < 1.29 is 17.9 Å². The average molecular weight is 292 g/mol. The quantitative estimate of drug-likeness (QED) is 0.925. The first-order valence-electron chi connectivity index (χ1n) is 6.01. The molecule has 21 heavy (non-hydrogen) atoms. The first kappa shape index (κ1) is 14.7. The molecule has 0 aliphatic heterocycles. The van der Waals surface area contributed by atoms with Gasteiger partial charge in [-0.3, -0.25) is 0 Å². The van der Waals surface area contributed by atoms with Gasteiger partial charge in [0, 0.05) is 30.4 Å². The highest BCUT2D eigenvalue weighted by Crippen LogP contribution is 2.33. The van der Waals surface area contributed by atoms with E-state index in [1.54, 1.807) is 13.1 Å². The third-order valence-corrected chi connectivity index (χ3v) is 2.97. The van der Waals surface area contributed by atoms with E-state index >= 15 is 0 Å². The van der Waals surface area contributed by atoms with Gasteiger partial charge in [-0.15, -0.1) is 0 Å². The zero-order valence-corrected chi connectivity index (χ0v) is 11.3. The van der Waals surface area contributed by atoms with Gasteiger partial charge in [-0.2, -0.15) is 5.26 Å². The Kier molecular flexibility index (Phi) is 4.03. The largest absolute Gasteiger partial charge is 0.451 e. The van der Waals surface area contributed by atoms with Crippen molar-refractivity contribution >= 4 is 5.69 Å². The molecule has 0 aliphatic carbocycles. The molecule has 0 heterocycles. The molecule has 0 saturated carbocycles. The van der Waals surface area contributed by atoms with Gasteiger partial charge in [-0.1, -0.05) is 0 Å². The molecule has 1 N–H and O–H groups in total. The van der Waals surface area contributed by atoms with Crippen molar-refractivity contribution in [2.45, 2.75) is 6.92 Å². The second-order valence-corrected chi connectivity index (χ2v) is 4.28. The van der Waals surface area contributed by atoms with Crippen LogP contribution in [-0.2, 0) is 0 Å². The summed E-state index contributed by atoms with van der Waals surface area (Å²) in [5, 5.41) is 11.4. The van der Waals surface area contributed by atoms with Crippen LogP contribution in [0.25, 0.3) is 0 Å². The first-order valence-corrected chi connectivity index (χ1v) is 6.01. The minimum absolute atomic E-state index is 0.0256. The van der Waals surface area contributed by atoms with Gasteiger partial charge in [0.1, 0.15) is 17.6 Å². The zero-order valence-electron chi connectivity index (χ0n) is 11.3. The van der Waals surface area contributed by atoms with E-state index in [1.165, 1.54) is 13.0 Å². The lowest BCUT2D eigenvalue weighted by molar-refractivity contribution is 0.405. The molecule has 0 saturated heterocycles. The van der Waals surface area contributed by atoms with Gasteiger partial charge < -0.3 is 10.1 Å². The number of benzene rings is 2. The molecule has 0 aliphatic rings. The van der Waals surface area contributed by atoms with Gasteiger partial charge in [-0.25, -0.2) is 13.2 Å². The Morgan fingerprint density at radius 2 is 1.86 bits per heavy atom. The number of nitriles is 1. The topological polar surface area (TPSA) is 45.0 Å². The van der Waals surface area contributed by atoms with Crippen molar-refractivity contribution in [3.8, 4) is 17.6 Å². The fraction of sp³-hybridized carbons (Fsp3) is 0.133. The molecule has 0 fully saturated rings. The number of hydrogen-bond donors (Lipinski definition) is 1. The van der Waals surface area contributed by atoms with Crippen LogP contribution in [0.2, 0.25) is 0 Å². The monoisotopic (exact) mass is 292 g/mol. The van der Waals surface area contributed by atoms with Crippen molar-refractivity contribution in [2.24, 2.45) is 0 Å². The summed E-state index contributed by atoms with van der Waals surface area (Å²) >= 11 is 0. The summed E-state index contributed by atoms with van der Waals surface area (Å²) < 4.78 is 46.3. The van der Waals surface area contributed by atoms with Crippen LogP contribution in [0.15, 0.2) is 24.3 Å². The molecule has 6 heteroatoms. The van der Waals surface area contributed by atoms with Crippen LogP contribution in [0.1, 0.15) is 11.1 Å². The van der Waals surface area contributed by atoms with Gasteiger partial charge in [0.05, 0.1) is 5.56 Å². The summed E-state index contributed by atoms with van der Waals surface area (Å²) in [6.07, 6.45) is 0. The number of anilines is 1. The standard InChI is InChI=1S/C15H11F3N2O/c1-8-13(20-2)6-12(17)15(14(8)18)21-10-3-4-11(16)9(5-10)7-19/h3-6,20H,1-2H3. The van der Waals surface area contributed by atoms with Crippen LogP contribution in [0.4, 0.5) is 18.9 Å². The number of nitrogens with zero attached hydrogens (tertiary/aromatic N) is 1. The van der Waals surface area contributed by atoms with Crippen LogP contribution < -0.4 is 10.1 Å². The Labute approximate surface area is 119 Å². The van der Waals surface area contributed by atoms with Gasteiger partial charge in [0.25, 0.3) is 0 Å². The molecule has 108 valence electrons. The summed E-state index contributed by atoms with van der Waals surface area (Å²) in [4.78, 5) is 0. The Morgan fingerprint density at radius 1 is 1.14 bits per heavy atom. The van der Waals surface area contributed by atoms with Crippen LogP contribution in [0, 0.1) is 35.7 Å². The van der Waals surface area contributed by atoms with Gasteiger partial charge in [-0.05, 0) is 19.1 Å². The maximum Gasteiger partial charge on any atom is 0.199 e. The summed E-state index contributed by atoms with van der Waals surface area (Å²) in [5.41, 5.74) is 0.225. The van der Waals surface area contributed by atoms with E-state index in [2.05, 4.69) is 5.32 Å². The van der Waals surface area contributed by atoms with E-state index < -0.39 is 23.2 Å². The van der Waals surface area contributed by atoms with Crippen molar-refractivity contribution in [2.75, 3.05) is 12.4 Å². The maximum atomic E-state index is 14.1. The molecule has 2 aromatic rings. The minimum atomic E-state index is -0.898. The normalized spacial score (nSPS) is 10.1. The lowest BCUT2D eigenvalue weighted by atomic mass is 10.1. The molecule has 0 unspecified atom stereocenters. The van der Waals surface area contributed by atoms with Gasteiger partial charge in [0.15, 0.2) is 17.4 Å². The molecular formula is C15H11F3N2O. The molecule has 0 aromatic heterocycles. The number of nitrogens with one attached hydrogen (secondary N) is 1. The van der Waals surface area contributed by atoms with E-state index in [-0.39, 0.29) is 16.9 Å². The molecule has 2 rings (SSSR count). The maximum absolute atomic E-state index is 14.1. The zero-order chi connectivity index (χ0) is 15.6. The predicted octanol–water partition coefficient (Wildman–Crippen LogP) is 4.12. The van der Waals surface area contributed by atoms with Gasteiger partial charge in [0.2, 0.25) is 0 Å². The Balaban J connectivity index is 2.45. The molecule has 0 spiro atoms. The Hall–Kier alpha value is -2.68. The van der Waals surface area contributed by atoms with E-state index in [1.807, 2.05) is 0 Å². The Morgan fingerprint density at radius 3 is 2.48 bits per heavy atom. The molecule has 3 nitrogen and oxygen atoms in total. The molecular weight excluding hydrogens is 281 g/mol. The van der Waals surface area contributed by atoms with Crippen molar-refractivity contribution in [1.82, 2.24) is 0 Å². The second kappa shape index (κ2) is 5.75. The lowest BCUT2D eigenvalue weighted by Crippen LogP contribution is -2.01. The van der Waals surface area contributed by atoms with Crippen molar-refractivity contribution in [3.05, 3.63) is 52.8 Å². The number of halogens is 3. The number of rotatable bonds is 3. The summed E-state index contributed by atoms with van der Waals surface area (Å²) in [5.74, 6) is -3.11. The predicted molar refractivity (Wildman–Crippen MR) is 71.8 cm³/mol. The van der Waals surface area contributed by atoms with E-state index in [0.29, 0.717) is 5.69 Å². The summed E-state index contributed by atoms with van der Waals surface area (Å²) in [7, 11) is 1.54. The van der Waals surface area contributed by atoms with Gasteiger partial charge >= 0.3 is 0 Å². The molecule has 0 radical (unpaired) electrons. The molecule has 0 atom stereocenters. The van der Waals surface area contributed by atoms with Crippen LogP contribution >= 0.6 is 0 Å². The van der Waals surface area contributed by atoms with Crippen molar-refractivity contribution in [1.29, 1.82) is 5.26 Å². The fourth-order valence-corrected chi connectivity index (χ4v) is 1.82. The van der Waals surface area contributed by atoms with Crippen LogP contribution in [0.3, 0.4) is 0 Å². The van der Waals surface area contributed by atoms with Crippen LogP contribution in [-0.4, -0.2) is 7.05 Å². The first-order chi connectivity index (χ1) is 9.97. The number of ether oxygens (including phenoxy) is 1. The Bertz CT molecular complexity index is 739. The summed E-state index contributed by atoms with van der Waals surface area (Å²) in [6.45, 7) is 1.47. The summed E-state index contributed by atoms with van der Waals surface area (Å²) in [6, 6.07) is 6.00. The van der Waals surface area contributed by atoms with E-state index in [0.717, 1.165) is 18.2 Å². The minimum Gasteiger partial charge on any atom is -0.451 e. The van der Waals surface area contributed by atoms with E-state index in [4.69, 9.17) is 10.00 Å².